The highest BCUT2D eigenvalue weighted by Gasteiger charge is 2.30. The number of aromatic nitrogens is 2. The number of nitrogens with zero attached hydrogens (tertiary/aromatic N) is 3. The minimum absolute atomic E-state index is 0.121. The molecule has 1 saturated carbocycles. The van der Waals surface area contributed by atoms with Crippen LogP contribution in [0.3, 0.4) is 0 Å². The third kappa shape index (κ3) is 3.05. The predicted molar refractivity (Wildman–Crippen MR) is 67.7 cm³/mol. The Hall–Kier alpha value is -2.15. The van der Waals surface area contributed by atoms with E-state index in [4.69, 9.17) is 13.9 Å². The maximum absolute atomic E-state index is 10.7. The van der Waals surface area contributed by atoms with E-state index in [1.54, 1.807) is 18.4 Å². The van der Waals surface area contributed by atoms with E-state index in [1.807, 2.05) is 0 Å². The summed E-state index contributed by atoms with van der Waals surface area (Å²) in [7, 11) is 0. The average Bonchev–Trinajstić information content (AvgIpc) is 2.93. The van der Waals surface area contributed by atoms with Gasteiger partial charge in [0, 0.05) is 12.6 Å². The van der Waals surface area contributed by atoms with Crippen LogP contribution in [0.25, 0.3) is 11.7 Å². The Morgan fingerprint density at radius 3 is 2.95 bits per heavy atom. The molecule has 1 fully saturated rings. The fourth-order valence-electron chi connectivity index (χ4n) is 2.06. The van der Waals surface area contributed by atoms with Crippen molar-refractivity contribution in [3.63, 3.8) is 0 Å². The minimum Gasteiger partial charge on any atom is -0.481 e. The highest BCUT2D eigenvalue weighted by Crippen LogP contribution is 2.28. The van der Waals surface area contributed by atoms with Crippen molar-refractivity contribution >= 4 is 5.97 Å². The van der Waals surface area contributed by atoms with Crippen LogP contribution in [0.15, 0.2) is 27.2 Å². The Kier molecular flexibility index (Phi) is 3.51. The summed E-state index contributed by atoms with van der Waals surface area (Å²) in [5, 5.41) is 16.7. The molecule has 2 aromatic rings. The largest absolute Gasteiger partial charge is 0.481 e. The maximum atomic E-state index is 10.7. The minimum atomic E-state index is -0.794. The van der Waals surface area contributed by atoms with Crippen molar-refractivity contribution in [2.75, 3.05) is 6.54 Å². The summed E-state index contributed by atoms with van der Waals surface area (Å²) in [4.78, 5) is 12.7. The summed E-state index contributed by atoms with van der Waals surface area (Å²) in [6.45, 7) is 0.976. The first-order valence-electron chi connectivity index (χ1n) is 6.54. The number of furan rings is 1. The molecule has 0 unspecified atom stereocenters. The molecule has 0 atom stereocenters. The van der Waals surface area contributed by atoms with Crippen LogP contribution in [0.4, 0.5) is 0 Å². The summed E-state index contributed by atoms with van der Waals surface area (Å²) in [6, 6.07) is 3.94. The molecule has 0 aromatic carbocycles. The third-order valence-electron chi connectivity index (χ3n) is 3.21. The van der Waals surface area contributed by atoms with Crippen LogP contribution in [0.2, 0.25) is 0 Å². The molecule has 106 valence electrons. The van der Waals surface area contributed by atoms with Crippen molar-refractivity contribution in [2.24, 2.45) is 0 Å². The quantitative estimate of drug-likeness (QED) is 0.824. The van der Waals surface area contributed by atoms with E-state index in [2.05, 4.69) is 15.1 Å². The molecular formula is C13H15N3O4. The molecule has 2 aromatic heterocycles. The van der Waals surface area contributed by atoms with Crippen molar-refractivity contribution < 1.29 is 18.7 Å². The molecule has 2 heterocycles. The van der Waals surface area contributed by atoms with E-state index in [-0.39, 0.29) is 6.42 Å². The topological polar surface area (TPSA) is 92.6 Å². The van der Waals surface area contributed by atoms with Crippen LogP contribution in [-0.2, 0) is 11.3 Å². The second kappa shape index (κ2) is 5.46. The summed E-state index contributed by atoms with van der Waals surface area (Å²) in [5.41, 5.74) is 0. The Morgan fingerprint density at radius 1 is 1.45 bits per heavy atom. The zero-order valence-corrected chi connectivity index (χ0v) is 10.9. The van der Waals surface area contributed by atoms with Gasteiger partial charge in [0.2, 0.25) is 5.89 Å². The summed E-state index contributed by atoms with van der Waals surface area (Å²) >= 11 is 0. The Balaban J connectivity index is 1.64. The smallest absolute Gasteiger partial charge is 0.304 e. The predicted octanol–water partition coefficient (Wildman–Crippen LogP) is 1.77. The Labute approximate surface area is 115 Å². The first-order valence-corrected chi connectivity index (χ1v) is 6.54. The van der Waals surface area contributed by atoms with E-state index in [0.717, 1.165) is 12.8 Å². The number of carbonyl (C=O) groups is 1. The highest BCUT2D eigenvalue weighted by atomic mass is 16.4. The van der Waals surface area contributed by atoms with Gasteiger partial charge in [-0.3, -0.25) is 9.69 Å². The molecule has 0 radical (unpaired) electrons. The zero-order valence-electron chi connectivity index (χ0n) is 10.9. The lowest BCUT2D eigenvalue weighted by Crippen LogP contribution is -2.28. The third-order valence-corrected chi connectivity index (χ3v) is 3.21. The van der Waals surface area contributed by atoms with Gasteiger partial charge in [0.1, 0.15) is 0 Å². The monoisotopic (exact) mass is 277 g/mol. The summed E-state index contributed by atoms with van der Waals surface area (Å²) in [5.74, 6) is 0.567. The second-order valence-corrected chi connectivity index (χ2v) is 4.82. The molecule has 7 nitrogen and oxygen atoms in total. The van der Waals surface area contributed by atoms with Gasteiger partial charge in [-0.05, 0) is 25.0 Å². The summed E-state index contributed by atoms with van der Waals surface area (Å²) in [6.07, 6.45) is 3.86. The van der Waals surface area contributed by atoms with Crippen molar-refractivity contribution in [3.05, 3.63) is 24.3 Å². The molecule has 1 aliphatic rings. The van der Waals surface area contributed by atoms with Crippen LogP contribution >= 0.6 is 0 Å². The van der Waals surface area contributed by atoms with Crippen LogP contribution in [-0.4, -0.2) is 38.8 Å². The van der Waals surface area contributed by atoms with Crippen LogP contribution in [0.1, 0.15) is 25.2 Å². The van der Waals surface area contributed by atoms with Gasteiger partial charge in [-0.15, -0.1) is 10.2 Å². The zero-order chi connectivity index (χ0) is 13.9. The van der Waals surface area contributed by atoms with Gasteiger partial charge in [0.05, 0.1) is 19.2 Å². The number of hydrogen-bond donors (Lipinski definition) is 1. The highest BCUT2D eigenvalue weighted by molar-refractivity contribution is 5.66. The van der Waals surface area contributed by atoms with Crippen molar-refractivity contribution in [1.29, 1.82) is 0 Å². The number of carboxylic acids is 1. The SMILES string of the molecule is O=C(O)CCN(Cc1nnc(-c2ccco2)o1)C1CC1. The lowest BCUT2D eigenvalue weighted by molar-refractivity contribution is -0.137. The van der Waals surface area contributed by atoms with Gasteiger partial charge < -0.3 is 13.9 Å². The fourth-order valence-corrected chi connectivity index (χ4v) is 2.06. The molecule has 0 spiro atoms. The second-order valence-electron chi connectivity index (χ2n) is 4.82. The van der Waals surface area contributed by atoms with Crippen molar-refractivity contribution in [2.45, 2.75) is 31.8 Å². The van der Waals surface area contributed by atoms with E-state index in [0.29, 0.717) is 36.7 Å². The van der Waals surface area contributed by atoms with E-state index in [1.165, 1.54) is 0 Å². The van der Waals surface area contributed by atoms with Crippen molar-refractivity contribution in [1.82, 2.24) is 15.1 Å². The molecule has 1 N–H and O–H groups in total. The normalized spacial score (nSPS) is 14.8. The number of hydrogen-bond acceptors (Lipinski definition) is 6. The molecule has 1 aliphatic carbocycles. The molecule has 0 saturated heterocycles. The van der Waals surface area contributed by atoms with E-state index >= 15 is 0 Å². The van der Waals surface area contributed by atoms with Gasteiger partial charge in [-0.2, -0.15) is 0 Å². The van der Waals surface area contributed by atoms with Crippen LogP contribution in [0.5, 0.6) is 0 Å². The van der Waals surface area contributed by atoms with Gasteiger partial charge in [0.25, 0.3) is 5.89 Å². The number of rotatable bonds is 7. The molecule has 20 heavy (non-hydrogen) atoms. The molecule has 0 amide bonds. The van der Waals surface area contributed by atoms with Crippen LogP contribution < -0.4 is 0 Å². The lowest BCUT2D eigenvalue weighted by Gasteiger charge is -2.18. The molecule has 0 bridgehead atoms. The van der Waals surface area contributed by atoms with Gasteiger partial charge in [-0.25, -0.2) is 0 Å². The molecular weight excluding hydrogens is 262 g/mol. The lowest BCUT2D eigenvalue weighted by atomic mass is 10.3. The molecule has 7 heteroatoms. The van der Waals surface area contributed by atoms with Crippen LogP contribution in [0, 0.1) is 0 Å². The molecule has 3 rings (SSSR count). The van der Waals surface area contributed by atoms with E-state index < -0.39 is 5.97 Å². The number of aliphatic carboxylic acids is 1. The first kappa shape index (κ1) is 12.9. The number of carboxylic acid groups (broad SMARTS) is 1. The molecule has 0 aliphatic heterocycles. The maximum Gasteiger partial charge on any atom is 0.304 e. The van der Waals surface area contributed by atoms with Crippen molar-refractivity contribution in [3.8, 4) is 11.7 Å². The van der Waals surface area contributed by atoms with Gasteiger partial charge in [0.15, 0.2) is 5.76 Å². The van der Waals surface area contributed by atoms with Gasteiger partial charge >= 0.3 is 5.97 Å². The fraction of sp³-hybridized carbons (Fsp3) is 0.462. The Bertz CT molecular complexity index is 574. The standard InChI is InChI=1S/C13H15N3O4/c17-12(18)5-6-16(9-3-4-9)8-11-14-15-13(20-11)10-2-1-7-19-10/h1-2,7,9H,3-6,8H2,(H,17,18). The first-order chi connectivity index (χ1) is 9.72. The van der Waals surface area contributed by atoms with E-state index in [9.17, 15) is 4.79 Å². The average molecular weight is 277 g/mol. The van der Waals surface area contributed by atoms with Gasteiger partial charge in [-0.1, -0.05) is 0 Å². The summed E-state index contributed by atoms with van der Waals surface area (Å²) < 4.78 is 10.7. The Morgan fingerprint density at radius 2 is 2.30 bits per heavy atom.